The third-order valence-electron chi connectivity index (χ3n) is 6.45. The normalized spacial score (nSPS) is 13.7. The van der Waals surface area contributed by atoms with E-state index in [-0.39, 0.29) is 5.91 Å². The highest BCUT2D eigenvalue weighted by atomic mass is 16.5. The molecule has 0 aliphatic carbocycles. The van der Waals surface area contributed by atoms with Crippen molar-refractivity contribution in [2.45, 2.75) is 20.8 Å². The number of ether oxygens (including phenoxy) is 1. The molecule has 1 aliphatic heterocycles. The van der Waals surface area contributed by atoms with E-state index in [0.29, 0.717) is 37.7 Å². The minimum atomic E-state index is 0.0176. The van der Waals surface area contributed by atoms with Crippen LogP contribution in [0.15, 0.2) is 54.6 Å². The van der Waals surface area contributed by atoms with Gasteiger partial charge in [0, 0.05) is 54.2 Å². The summed E-state index contributed by atoms with van der Waals surface area (Å²) in [5.41, 5.74) is 5.24. The lowest BCUT2D eigenvalue weighted by atomic mass is 10.1. The molecule has 1 saturated heterocycles. The maximum Gasteiger partial charge on any atom is 0.254 e. The topological polar surface area (TPSA) is 83.5 Å². The van der Waals surface area contributed by atoms with Crippen LogP contribution < -0.4 is 15.0 Å². The lowest BCUT2D eigenvalue weighted by molar-refractivity contribution is 0.0746. The van der Waals surface area contributed by atoms with Crippen molar-refractivity contribution in [3.8, 4) is 5.75 Å². The fraction of sp³-hybridized carbons (Fsp3) is 0.286. The summed E-state index contributed by atoms with van der Waals surface area (Å²) < 4.78 is 5.53. The summed E-state index contributed by atoms with van der Waals surface area (Å²) >= 11 is 0. The summed E-state index contributed by atoms with van der Waals surface area (Å²) in [6.45, 7) is 8.65. The number of nitrogens with zero attached hydrogens (tertiary/aromatic N) is 5. The number of amides is 1. The number of pyridine rings is 1. The molecule has 36 heavy (non-hydrogen) atoms. The second-order valence-corrected chi connectivity index (χ2v) is 9.11. The number of aryl methyl sites for hydroxylation is 3. The van der Waals surface area contributed by atoms with E-state index in [1.165, 1.54) is 0 Å². The van der Waals surface area contributed by atoms with E-state index in [1.54, 1.807) is 7.11 Å². The van der Waals surface area contributed by atoms with Gasteiger partial charge in [0.05, 0.1) is 7.11 Å². The Labute approximate surface area is 211 Å². The van der Waals surface area contributed by atoms with Crippen molar-refractivity contribution in [3.63, 3.8) is 0 Å². The van der Waals surface area contributed by atoms with Gasteiger partial charge in [-0.2, -0.15) is 0 Å². The van der Waals surface area contributed by atoms with Gasteiger partial charge in [0.15, 0.2) is 0 Å². The van der Waals surface area contributed by atoms with Crippen LogP contribution in [0, 0.1) is 20.8 Å². The zero-order valence-electron chi connectivity index (χ0n) is 21.1. The molecule has 2 aromatic heterocycles. The third-order valence-corrected chi connectivity index (χ3v) is 6.45. The van der Waals surface area contributed by atoms with E-state index in [2.05, 4.69) is 39.2 Å². The van der Waals surface area contributed by atoms with Crippen molar-refractivity contribution in [1.29, 1.82) is 0 Å². The standard InChI is InChI=1S/C28H30N6O2/c1-18-15-25(32-26-23(18)9-6-10-24(26)36-4)33-11-13-34(14-12-33)27(35)21-7-5-8-22(17-21)31-28-29-19(2)16-20(3)30-28/h5-10,15-17H,11-14H2,1-4H3,(H,29,30,31). The molecule has 0 spiro atoms. The number of benzene rings is 2. The first-order valence-corrected chi connectivity index (χ1v) is 12.1. The molecule has 0 radical (unpaired) electrons. The molecule has 1 fully saturated rings. The predicted octanol–water partition coefficient (Wildman–Crippen LogP) is 4.66. The largest absolute Gasteiger partial charge is 0.494 e. The Morgan fingerprint density at radius 3 is 2.33 bits per heavy atom. The number of piperazine rings is 1. The van der Waals surface area contributed by atoms with Gasteiger partial charge < -0.3 is 19.9 Å². The van der Waals surface area contributed by atoms with E-state index in [9.17, 15) is 4.79 Å². The van der Waals surface area contributed by atoms with Crippen LogP contribution in [0.1, 0.15) is 27.3 Å². The number of fused-ring (bicyclic) bond motifs is 1. The summed E-state index contributed by atoms with van der Waals surface area (Å²) in [6.07, 6.45) is 0. The van der Waals surface area contributed by atoms with Crippen molar-refractivity contribution in [3.05, 3.63) is 77.1 Å². The molecule has 8 nitrogen and oxygen atoms in total. The van der Waals surface area contributed by atoms with Gasteiger partial charge in [-0.1, -0.05) is 18.2 Å². The van der Waals surface area contributed by atoms with Crippen molar-refractivity contribution < 1.29 is 9.53 Å². The van der Waals surface area contributed by atoms with Gasteiger partial charge in [-0.05, 0) is 62.7 Å². The summed E-state index contributed by atoms with van der Waals surface area (Å²) in [5, 5.41) is 4.31. The Hall–Kier alpha value is -4.20. The third kappa shape index (κ3) is 4.79. The highest BCUT2D eigenvalue weighted by molar-refractivity contribution is 5.95. The molecule has 5 rings (SSSR count). The van der Waals surface area contributed by atoms with Crippen LogP contribution in [0.5, 0.6) is 5.75 Å². The predicted molar refractivity (Wildman–Crippen MR) is 142 cm³/mol. The molecule has 0 atom stereocenters. The molecule has 1 aliphatic rings. The zero-order chi connectivity index (χ0) is 25.2. The van der Waals surface area contributed by atoms with Crippen LogP contribution in [0.4, 0.5) is 17.5 Å². The molecule has 0 saturated carbocycles. The van der Waals surface area contributed by atoms with Crippen LogP contribution in [-0.2, 0) is 0 Å². The van der Waals surface area contributed by atoms with Gasteiger partial charge in [-0.15, -0.1) is 0 Å². The Morgan fingerprint density at radius 2 is 1.61 bits per heavy atom. The van der Waals surface area contributed by atoms with Crippen LogP contribution >= 0.6 is 0 Å². The average Bonchev–Trinajstić information content (AvgIpc) is 2.87. The highest BCUT2D eigenvalue weighted by Gasteiger charge is 2.24. The summed E-state index contributed by atoms with van der Waals surface area (Å²) in [4.78, 5) is 31.2. The number of carbonyl (C=O) groups is 1. The maximum absolute atomic E-state index is 13.3. The van der Waals surface area contributed by atoms with Crippen molar-refractivity contribution in [2.24, 2.45) is 0 Å². The molecule has 184 valence electrons. The van der Waals surface area contributed by atoms with Crippen LogP contribution in [0.3, 0.4) is 0 Å². The second-order valence-electron chi connectivity index (χ2n) is 9.11. The van der Waals surface area contributed by atoms with Crippen molar-refractivity contribution >= 4 is 34.3 Å². The van der Waals surface area contributed by atoms with E-state index >= 15 is 0 Å². The molecule has 2 aromatic carbocycles. The lowest BCUT2D eigenvalue weighted by Gasteiger charge is -2.35. The number of para-hydroxylation sites is 1. The monoisotopic (exact) mass is 482 g/mol. The summed E-state index contributed by atoms with van der Waals surface area (Å²) in [6, 6.07) is 17.5. The number of rotatable bonds is 5. The Morgan fingerprint density at radius 1 is 0.889 bits per heavy atom. The summed E-state index contributed by atoms with van der Waals surface area (Å²) in [5.74, 6) is 2.23. The summed E-state index contributed by atoms with van der Waals surface area (Å²) in [7, 11) is 1.67. The molecular weight excluding hydrogens is 452 g/mol. The first kappa shape index (κ1) is 23.5. The van der Waals surface area contributed by atoms with Crippen LogP contribution in [0.2, 0.25) is 0 Å². The van der Waals surface area contributed by atoms with E-state index in [0.717, 1.165) is 45.1 Å². The molecule has 0 unspecified atom stereocenters. The number of anilines is 3. The lowest BCUT2D eigenvalue weighted by Crippen LogP contribution is -2.49. The van der Waals surface area contributed by atoms with E-state index in [4.69, 9.17) is 9.72 Å². The van der Waals surface area contributed by atoms with E-state index < -0.39 is 0 Å². The second kappa shape index (κ2) is 9.81. The van der Waals surface area contributed by atoms with Gasteiger partial charge in [-0.3, -0.25) is 4.79 Å². The first-order chi connectivity index (χ1) is 17.4. The molecule has 8 heteroatoms. The number of hydrogen-bond acceptors (Lipinski definition) is 7. The number of methoxy groups -OCH3 is 1. The minimum absolute atomic E-state index is 0.0176. The highest BCUT2D eigenvalue weighted by Crippen LogP contribution is 2.29. The molecule has 1 amide bonds. The molecule has 3 heterocycles. The van der Waals surface area contributed by atoms with Crippen LogP contribution in [0.25, 0.3) is 10.9 Å². The first-order valence-electron chi connectivity index (χ1n) is 12.1. The van der Waals surface area contributed by atoms with Gasteiger partial charge in [0.1, 0.15) is 17.1 Å². The minimum Gasteiger partial charge on any atom is -0.494 e. The Kier molecular flexibility index (Phi) is 6.41. The van der Waals surface area contributed by atoms with Crippen LogP contribution in [-0.4, -0.2) is 59.0 Å². The number of nitrogens with one attached hydrogen (secondary N) is 1. The molecular formula is C28H30N6O2. The quantitative estimate of drug-likeness (QED) is 0.443. The fourth-order valence-corrected chi connectivity index (χ4v) is 4.66. The average molecular weight is 483 g/mol. The van der Waals surface area contributed by atoms with E-state index in [1.807, 2.05) is 61.2 Å². The maximum atomic E-state index is 13.3. The van der Waals surface area contributed by atoms with Crippen molar-refractivity contribution in [2.75, 3.05) is 43.5 Å². The molecule has 4 aromatic rings. The number of hydrogen-bond donors (Lipinski definition) is 1. The molecule has 0 bridgehead atoms. The SMILES string of the molecule is COc1cccc2c(C)cc(N3CCN(C(=O)c4cccc(Nc5nc(C)cc(C)n5)c4)CC3)nc12. The number of aromatic nitrogens is 3. The zero-order valence-corrected chi connectivity index (χ0v) is 21.1. The van der Waals surface area contributed by atoms with Gasteiger partial charge in [-0.25, -0.2) is 15.0 Å². The Bertz CT molecular complexity index is 1410. The fourth-order valence-electron chi connectivity index (χ4n) is 4.66. The van der Waals surface area contributed by atoms with Crippen molar-refractivity contribution in [1.82, 2.24) is 19.9 Å². The smallest absolute Gasteiger partial charge is 0.254 e. The number of carbonyl (C=O) groups excluding carboxylic acids is 1. The van der Waals surface area contributed by atoms with Gasteiger partial charge in [0.25, 0.3) is 5.91 Å². The van der Waals surface area contributed by atoms with Gasteiger partial charge >= 0.3 is 0 Å². The Balaban J connectivity index is 1.28. The van der Waals surface area contributed by atoms with Gasteiger partial charge in [0.2, 0.25) is 5.95 Å². The molecule has 1 N–H and O–H groups in total.